The minimum atomic E-state index is -0.435. The fourth-order valence-electron chi connectivity index (χ4n) is 2.03. The molecule has 134 valence electrons. The molecular formula is C16H15ClN6O2S. The second-order valence-corrected chi connectivity index (χ2v) is 6.93. The quantitative estimate of drug-likeness (QED) is 0.646. The Morgan fingerprint density at radius 3 is 2.69 bits per heavy atom. The summed E-state index contributed by atoms with van der Waals surface area (Å²) >= 11 is 7.03. The summed E-state index contributed by atoms with van der Waals surface area (Å²) in [4.78, 5) is 16.4. The first kappa shape index (κ1) is 18.2. The number of rotatable bonds is 6. The highest BCUT2D eigenvalue weighted by atomic mass is 35.5. The number of carbonyl (C=O) groups is 1. The molecule has 0 aliphatic heterocycles. The van der Waals surface area contributed by atoms with Gasteiger partial charge >= 0.3 is 0 Å². The molecule has 1 aromatic carbocycles. The third-order valence-corrected chi connectivity index (χ3v) is 4.64. The Morgan fingerprint density at radius 1 is 1.27 bits per heavy atom. The summed E-state index contributed by atoms with van der Waals surface area (Å²) in [7, 11) is 1.60. The Labute approximate surface area is 158 Å². The van der Waals surface area contributed by atoms with E-state index in [4.69, 9.17) is 16.3 Å². The number of halogens is 1. The van der Waals surface area contributed by atoms with Gasteiger partial charge in [-0.25, -0.2) is 4.98 Å². The Hall–Kier alpha value is -2.65. The maximum absolute atomic E-state index is 12.4. The standard InChI is InChI=1S/C16H15ClN6O2S/c1-10(15(24)19-14-8-3-11(17)9-18-14)26-16-20-21-22-23(16)12-4-6-13(25-2)7-5-12/h3-10H,1-2H3,(H,18,19,24)/t10-/m0/s1. The number of methoxy groups -OCH3 is 1. The SMILES string of the molecule is COc1ccc(-n2nnnc2S[C@@H](C)C(=O)Nc2ccc(Cl)cn2)cc1. The Morgan fingerprint density at radius 2 is 2.04 bits per heavy atom. The lowest BCUT2D eigenvalue weighted by Crippen LogP contribution is -2.23. The maximum atomic E-state index is 12.4. The zero-order valence-electron chi connectivity index (χ0n) is 14.0. The van der Waals surface area contributed by atoms with E-state index in [0.717, 1.165) is 11.4 Å². The molecule has 3 rings (SSSR count). The van der Waals surface area contributed by atoms with Gasteiger partial charge in [0.2, 0.25) is 11.1 Å². The van der Waals surface area contributed by atoms with Crippen molar-refractivity contribution in [2.45, 2.75) is 17.3 Å². The van der Waals surface area contributed by atoms with Gasteiger partial charge in [0.15, 0.2) is 0 Å². The number of ether oxygens (including phenoxy) is 1. The molecule has 0 spiro atoms. The summed E-state index contributed by atoms with van der Waals surface area (Å²) in [6.45, 7) is 1.77. The number of benzene rings is 1. The van der Waals surface area contributed by atoms with Crippen LogP contribution in [0.3, 0.4) is 0 Å². The van der Waals surface area contributed by atoms with Crippen molar-refractivity contribution in [3.8, 4) is 11.4 Å². The Kier molecular flexibility index (Phi) is 5.69. The minimum absolute atomic E-state index is 0.214. The fourth-order valence-corrected chi connectivity index (χ4v) is 2.95. The van der Waals surface area contributed by atoms with Crippen LogP contribution in [0.15, 0.2) is 47.8 Å². The smallest absolute Gasteiger partial charge is 0.238 e. The third kappa shape index (κ3) is 4.30. The molecule has 0 saturated heterocycles. The predicted octanol–water partition coefficient (Wildman–Crippen LogP) is 2.84. The lowest BCUT2D eigenvalue weighted by atomic mass is 10.3. The summed E-state index contributed by atoms with van der Waals surface area (Å²) in [6, 6.07) is 10.6. The van der Waals surface area contributed by atoms with E-state index in [1.165, 1.54) is 18.0 Å². The summed E-state index contributed by atoms with van der Waals surface area (Å²) in [5.74, 6) is 0.954. The van der Waals surface area contributed by atoms with Crippen molar-refractivity contribution in [1.29, 1.82) is 0 Å². The molecule has 0 radical (unpaired) electrons. The molecule has 3 aromatic rings. The second kappa shape index (κ2) is 8.15. The number of carbonyl (C=O) groups excluding carboxylic acids is 1. The van der Waals surface area contributed by atoms with Crippen LogP contribution in [0.1, 0.15) is 6.92 Å². The average molecular weight is 391 g/mol. The van der Waals surface area contributed by atoms with Gasteiger partial charge in [0, 0.05) is 6.20 Å². The van der Waals surface area contributed by atoms with Gasteiger partial charge in [0.25, 0.3) is 0 Å². The van der Waals surface area contributed by atoms with Crippen LogP contribution in [-0.4, -0.2) is 43.5 Å². The summed E-state index contributed by atoms with van der Waals surface area (Å²) in [5.41, 5.74) is 0.769. The fraction of sp³-hybridized carbons (Fsp3) is 0.188. The second-order valence-electron chi connectivity index (χ2n) is 5.18. The first-order chi connectivity index (χ1) is 12.6. The zero-order valence-corrected chi connectivity index (χ0v) is 15.5. The molecule has 0 fully saturated rings. The van der Waals surface area contributed by atoms with Crippen LogP contribution in [0.4, 0.5) is 5.82 Å². The van der Waals surface area contributed by atoms with E-state index in [1.807, 2.05) is 24.3 Å². The highest BCUT2D eigenvalue weighted by Crippen LogP contribution is 2.24. The Balaban J connectivity index is 1.69. The van der Waals surface area contributed by atoms with E-state index >= 15 is 0 Å². The van der Waals surface area contributed by atoms with Gasteiger partial charge in [-0.3, -0.25) is 4.79 Å². The highest BCUT2D eigenvalue weighted by Gasteiger charge is 2.19. The van der Waals surface area contributed by atoms with Crippen LogP contribution in [0.2, 0.25) is 5.02 Å². The van der Waals surface area contributed by atoms with Crippen LogP contribution in [0.25, 0.3) is 5.69 Å². The number of hydrogen-bond acceptors (Lipinski definition) is 7. The van der Waals surface area contributed by atoms with Crippen LogP contribution >= 0.6 is 23.4 Å². The molecule has 26 heavy (non-hydrogen) atoms. The molecule has 8 nitrogen and oxygen atoms in total. The van der Waals surface area contributed by atoms with Gasteiger partial charge < -0.3 is 10.1 Å². The van der Waals surface area contributed by atoms with Crippen LogP contribution in [-0.2, 0) is 4.79 Å². The highest BCUT2D eigenvalue weighted by molar-refractivity contribution is 8.00. The molecule has 2 heterocycles. The first-order valence-corrected chi connectivity index (χ1v) is 8.84. The zero-order chi connectivity index (χ0) is 18.5. The van der Waals surface area contributed by atoms with E-state index in [-0.39, 0.29) is 5.91 Å². The van der Waals surface area contributed by atoms with E-state index in [9.17, 15) is 4.79 Å². The molecule has 0 aliphatic carbocycles. The van der Waals surface area contributed by atoms with Crippen molar-refractivity contribution >= 4 is 35.1 Å². The average Bonchev–Trinajstić information content (AvgIpc) is 3.11. The molecule has 1 N–H and O–H groups in total. The van der Waals surface area contributed by atoms with E-state index in [1.54, 1.807) is 30.8 Å². The van der Waals surface area contributed by atoms with E-state index in [2.05, 4.69) is 25.8 Å². The molecule has 0 aliphatic rings. The van der Waals surface area contributed by atoms with E-state index in [0.29, 0.717) is 16.0 Å². The van der Waals surface area contributed by atoms with E-state index < -0.39 is 5.25 Å². The number of nitrogens with one attached hydrogen (secondary N) is 1. The topological polar surface area (TPSA) is 94.8 Å². The maximum Gasteiger partial charge on any atom is 0.238 e. The van der Waals surface area contributed by atoms with Crippen LogP contribution in [0, 0.1) is 0 Å². The summed E-state index contributed by atoms with van der Waals surface area (Å²) in [5, 5.41) is 15.0. The number of tetrazole rings is 1. The number of thioether (sulfide) groups is 1. The monoisotopic (exact) mass is 390 g/mol. The van der Waals surface area contributed by atoms with Gasteiger partial charge in [0.1, 0.15) is 11.6 Å². The van der Waals surface area contributed by atoms with Crippen molar-refractivity contribution in [2.24, 2.45) is 0 Å². The van der Waals surface area contributed by atoms with Gasteiger partial charge in [-0.05, 0) is 53.7 Å². The third-order valence-electron chi connectivity index (χ3n) is 3.39. The first-order valence-electron chi connectivity index (χ1n) is 7.58. The number of hydrogen-bond donors (Lipinski definition) is 1. The predicted molar refractivity (Wildman–Crippen MR) is 98.9 cm³/mol. The largest absolute Gasteiger partial charge is 0.497 e. The van der Waals surface area contributed by atoms with Crippen LogP contribution in [0.5, 0.6) is 5.75 Å². The molecule has 0 saturated carbocycles. The van der Waals surface area contributed by atoms with Crippen LogP contribution < -0.4 is 10.1 Å². The molecule has 10 heteroatoms. The van der Waals surface area contributed by atoms with Crippen molar-refractivity contribution in [3.05, 3.63) is 47.6 Å². The van der Waals surface area contributed by atoms with Crippen molar-refractivity contribution in [2.75, 3.05) is 12.4 Å². The number of aromatic nitrogens is 5. The number of amides is 1. The summed E-state index contributed by atoms with van der Waals surface area (Å²) in [6.07, 6.45) is 1.47. The molecule has 0 bridgehead atoms. The molecule has 1 atom stereocenters. The molecule has 2 aromatic heterocycles. The van der Waals surface area contributed by atoms with Crippen molar-refractivity contribution in [3.63, 3.8) is 0 Å². The lowest BCUT2D eigenvalue weighted by molar-refractivity contribution is -0.115. The lowest BCUT2D eigenvalue weighted by Gasteiger charge is -2.11. The van der Waals surface area contributed by atoms with Gasteiger partial charge in [-0.2, -0.15) is 4.68 Å². The molecular weight excluding hydrogens is 376 g/mol. The van der Waals surface area contributed by atoms with Gasteiger partial charge in [0.05, 0.1) is 23.1 Å². The number of pyridine rings is 1. The Bertz CT molecular complexity index is 885. The van der Waals surface area contributed by atoms with Crippen molar-refractivity contribution < 1.29 is 9.53 Å². The molecule has 1 amide bonds. The summed E-state index contributed by atoms with van der Waals surface area (Å²) < 4.78 is 6.71. The number of nitrogens with zero attached hydrogens (tertiary/aromatic N) is 5. The van der Waals surface area contributed by atoms with Gasteiger partial charge in [-0.15, -0.1) is 5.10 Å². The normalized spacial score (nSPS) is 11.8. The number of anilines is 1. The molecule has 0 unspecified atom stereocenters. The van der Waals surface area contributed by atoms with Crippen molar-refractivity contribution in [1.82, 2.24) is 25.2 Å². The van der Waals surface area contributed by atoms with Gasteiger partial charge in [-0.1, -0.05) is 23.4 Å². The minimum Gasteiger partial charge on any atom is -0.497 e.